The van der Waals surface area contributed by atoms with E-state index in [1.807, 2.05) is 16.8 Å². The van der Waals surface area contributed by atoms with Gasteiger partial charge < -0.3 is 9.84 Å². The van der Waals surface area contributed by atoms with Gasteiger partial charge in [-0.1, -0.05) is 17.3 Å². The first-order valence-corrected chi connectivity index (χ1v) is 9.09. The molecule has 3 rings (SSSR count). The first-order valence-electron chi connectivity index (χ1n) is 8.14. The van der Waals surface area contributed by atoms with Gasteiger partial charge in [-0.2, -0.15) is 29.5 Å². The van der Waals surface area contributed by atoms with E-state index in [0.717, 1.165) is 17.7 Å². The topological polar surface area (TPSA) is 68.0 Å². The second-order valence-corrected chi connectivity index (χ2v) is 6.72. The van der Waals surface area contributed by atoms with Gasteiger partial charge in [0.2, 0.25) is 17.6 Å². The van der Waals surface area contributed by atoms with Crippen molar-refractivity contribution >= 4 is 17.2 Å². The smallest absolute Gasteiger partial charge is 0.350 e. The Hall–Kier alpha value is -2.68. The van der Waals surface area contributed by atoms with Gasteiger partial charge >= 0.3 is 6.18 Å². The normalized spacial score (nSPS) is 12.7. The zero-order chi connectivity index (χ0) is 19.4. The molecule has 2 heterocycles. The van der Waals surface area contributed by atoms with Crippen molar-refractivity contribution in [3.63, 3.8) is 0 Å². The average Bonchev–Trinajstić information content (AvgIpc) is 3.30. The van der Waals surface area contributed by atoms with E-state index in [0.29, 0.717) is 17.3 Å². The van der Waals surface area contributed by atoms with Gasteiger partial charge in [-0.15, -0.1) is 0 Å². The van der Waals surface area contributed by atoms with Gasteiger partial charge in [-0.25, -0.2) is 0 Å². The molecule has 0 aliphatic carbocycles. The maximum absolute atomic E-state index is 12.8. The van der Waals surface area contributed by atoms with Crippen molar-refractivity contribution in [3.05, 3.63) is 58.1 Å². The highest BCUT2D eigenvalue weighted by Crippen LogP contribution is 2.30. The number of hydrogen-bond donors (Lipinski definition) is 1. The second kappa shape index (κ2) is 7.91. The molecule has 2 aromatic heterocycles. The Morgan fingerprint density at radius 3 is 2.85 bits per heavy atom. The Morgan fingerprint density at radius 1 is 1.33 bits per heavy atom. The largest absolute Gasteiger partial charge is 0.416 e. The van der Waals surface area contributed by atoms with Gasteiger partial charge in [-0.05, 0) is 36.1 Å². The summed E-state index contributed by atoms with van der Waals surface area (Å²) in [5.74, 6) is 0.484. The number of aromatic nitrogens is 2. The molecule has 1 amide bonds. The van der Waals surface area contributed by atoms with Gasteiger partial charge in [0, 0.05) is 23.8 Å². The number of thiophene rings is 1. The van der Waals surface area contributed by atoms with Crippen LogP contribution in [0.15, 0.2) is 45.6 Å². The SMILES string of the molecule is CC(NC(=O)CCc1nc(-c2ccsc2)no1)c1cccc(C(F)(F)F)c1. The first-order chi connectivity index (χ1) is 12.8. The van der Waals surface area contributed by atoms with E-state index < -0.39 is 17.8 Å². The number of halogens is 3. The quantitative estimate of drug-likeness (QED) is 0.661. The van der Waals surface area contributed by atoms with Crippen LogP contribution in [0.5, 0.6) is 0 Å². The molecule has 0 aliphatic rings. The van der Waals surface area contributed by atoms with Crippen molar-refractivity contribution < 1.29 is 22.5 Å². The van der Waals surface area contributed by atoms with Gasteiger partial charge in [0.25, 0.3) is 0 Å². The number of aryl methyl sites for hydroxylation is 1. The maximum Gasteiger partial charge on any atom is 0.416 e. The molecule has 5 nitrogen and oxygen atoms in total. The average molecular weight is 395 g/mol. The van der Waals surface area contributed by atoms with Crippen LogP contribution in [-0.4, -0.2) is 16.0 Å². The molecule has 1 unspecified atom stereocenters. The van der Waals surface area contributed by atoms with E-state index in [2.05, 4.69) is 15.5 Å². The highest BCUT2D eigenvalue weighted by Gasteiger charge is 2.30. The number of hydrogen-bond acceptors (Lipinski definition) is 5. The summed E-state index contributed by atoms with van der Waals surface area (Å²) in [6.45, 7) is 1.63. The molecule has 9 heteroatoms. The fraction of sp³-hybridized carbons (Fsp3) is 0.278. The van der Waals surface area contributed by atoms with Crippen LogP contribution in [0.1, 0.15) is 36.4 Å². The van der Waals surface area contributed by atoms with E-state index in [4.69, 9.17) is 4.52 Å². The van der Waals surface area contributed by atoms with Crippen molar-refractivity contribution in [1.29, 1.82) is 0 Å². The predicted molar refractivity (Wildman–Crippen MR) is 93.9 cm³/mol. The summed E-state index contributed by atoms with van der Waals surface area (Å²) in [5.41, 5.74) is 0.487. The number of carbonyl (C=O) groups is 1. The molecule has 0 aliphatic heterocycles. The summed E-state index contributed by atoms with van der Waals surface area (Å²) in [6.07, 6.45) is -4.08. The fourth-order valence-corrected chi connectivity index (χ4v) is 3.10. The fourth-order valence-electron chi connectivity index (χ4n) is 2.47. The summed E-state index contributed by atoms with van der Waals surface area (Å²) in [5, 5.41) is 10.3. The number of rotatable bonds is 6. The highest BCUT2D eigenvalue weighted by molar-refractivity contribution is 7.08. The van der Waals surface area contributed by atoms with Crippen LogP contribution in [0, 0.1) is 0 Å². The number of nitrogens with one attached hydrogen (secondary N) is 1. The third-order valence-electron chi connectivity index (χ3n) is 3.90. The van der Waals surface area contributed by atoms with Crippen molar-refractivity contribution in [1.82, 2.24) is 15.5 Å². The standard InChI is InChI=1S/C18H16F3N3O2S/c1-11(12-3-2-4-14(9-12)18(19,20)21)22-15(25)5-6-16-23-17(24-26-16)13-7-8-27-10-13/h2-4,7-11H,5-6H2,1H3,(H,22,25). The molecule has 0 spiro atoms. The molecule has 0 bridgehead atoms. The molecule has 3 aromatic rings. The lowest BCUT2D eigenvalue weighted by molar-refractivity contribution is -0.137. The Balaban J connectivity index is 1.55. The summed E-state index contributed by atoms with van der Waals surface area (Å²) in [7, 11) is 0. The first kappa shape index (κ1) is 19.1. The molecule has 27 heavy (non-hydrogen) atoms. The summed E-state index contributed by atoms with van der Waals surface area (Å²) < 4.78 is 43.5. The van der Waals surface area contributed by atoms with Crippen LogP contribution < -0.4 is 5.32 Å². The third-order valence-corrected chi connectivity index (χ3v) is 4.59. The van der Waals surface area contributed by atoms with Gasteiger partial charge in [-0.3, -0.25) is 4.79 Å². The zero-order valence-electron chi connectivity index (χ0n) is 14.3. The second-order valence-electron chi connectivity index (χ2n) is 5.94. The minimum absolute atomic E-state index is 0.0918. The third kappa shape index (κ3) is 4.94. The van der Waals surface area contributed by atoms with Crippen molar-refractivity contribution in [2.75, 3.05) is 0 Å². The maximum atomic E-state index is 12.8. The van der Waals surface area contributed by atoms with Crippen LogP contribution in [-0.2, 0) is 17.4 Å². The van der Waals surface area contributed by atoms with E-state index in [1.165, 1.54) is 17.4 Å². The molecule has 142 valence electrons. The van der Waals surface area contributed by atoms with Crippen molar-refractivity contribution in [2.45, 2.75) is 32.0 Å². The summed E-state index contributed by atoms with van der Waals surface area (Å²) >= 11 is 1.51. The van der Waals surface area contributed by atoms with Gasteiger partial charge in [0.15, 0.2) is 0 Å². The van der Waals surface area contributed by atoms with Crippen LogP contribution in [0.2, 0.25) is 0 Å². The van der Waals surface area contributed by atoms with Crippen LogP contribution in [0.25, 0.3) is 11.4 Å². The molecular formula is C18H16F3N3O2S. The van der Waals surface area contributed by atoms with Crippen molar-refractivity contribution in [3.8, 4) is 11.4 Å². The number of carbonyl (C=O) groups excluding carboxylic acids is 1. The van der Waals surface area contributed by atoms with Gasteiger partial charge in [0.05, 0.1) is 11.6 Å². The van der Waals surface area contributed by atoms with Gasteiger partial charge in [0.1, 0.15) is 0 Å². The molecule has 1 atom stereocenters. The van der Waals surface area contributed by atoms with E-state index in [1.54, 1.807) is 13.0 Å². The predicted octanol–water partition coefficient (Wildman–Crippen LogP) is 4.63. The lowest BCUT2D eigenvalue weighted by atomic mass is 10.0. The summed E-state index contributed by atoms with van der Waals surface area (Å²) in [6, 6.07) is 6.22. The minimum Gasteiger partial charge on any atom is -0.350 e. The monoisotopic (exact) mass is 395 g/mol. The molecule has 0 radical (unpaired) electrons. The van der Waals surface area contributed by atoms with Crippen LogP contribution in [0.4, 0.5) is 13.2 Å². The Labute approximate surface area is 157 Å². The molecule has 1 N–H and O–H groups in total. The van der Waals surface area contributed by atoms with E-state index in [-0.39, 0.29) is 18.7 Å². The number of alkyl halides is 3. The van der Waals surface area contributed by atoms with E-state index in [9.17, 15) is 18.0 Å². The van der Waals surface area contributed by atoms with E-state index >= 15 is 0 Å². The molecule has 1 aromatic carbocycles. The summed E-state index contributed by atoms with van der Waals surface area (Å²) in [4.78, 5) is 16.3. The lowest BCUT2D eigenvalue weighted by Gasteiger charge is -2.16. The van der Waals surface area contributed by atoms with Crippen molar-refractivity contribution in [2.24, 2.45) is 0 Å². The Morgan fingerprint density at radius 2 is 2.15 bits per heavy atom. The molecular weight excluding hydrogens is 379 g/mol. The van der Waals surface area contributed by atoms with Crippen LogP contribution >= 0.6 is 11.3 Å². The Kier molecular flexibility index (Phi) is 5.59. The molecule has 0 saturated heterocycles. The number of nitrogens with zero attached hydrogens (tertiary/aromatic N) is 2. The number of amides is 1. The number of benzene rings is 1. The minimum atomic E-state index is -4.42. The lowest BCUT2D eigenvalue weighted by Crippen LogP contribution is -2.27. The Bertz CT molecular complexity index is 907. The molecule has 0 saturated carbocycles. The molecule has 0 fully saturated rings. The highest BCUT2D eigenvalue weighted by atomic mass is 32.1. The van der Waals surface area contributed by atoms with Crippen LogP contribution in [0.3, 0.4) is 0 Å². The zero-order valence-corrected chi connectivity index (χ0v) is 15.1.